The number of halogens is 1. The maximum Gasteiger partial charge on any atom is 0.108 e. The monoisotopic (exact) mass is 329 g/mol. The summed E-state index contributed by atoms with van der Waals surface area (Å²) in [4.78, 5) is 2.52. The fraction of sp³-hybridized carbons (Fsp3) is 0.400. The minimum atomic E-state index is -0.0358. The van der Waals surface area contributed by atoms with Crippen molar-refractivity contribution in [1.29, 1.82) is 0 Å². The van der Waals surface area contributed by atoms with Crippen LogP contribution in [0.4, 0.5) is 0 Å². The van der Waals surface area contributed by atoms with Crippen molar-refractivity contribution in [3.8, 4) is 0 Å². The molecule has 1 fully saturated rings. The highest BCUT2D eigenvalue weighted by molar-refractivity contribution is 6.30. The molecule has 0 saturated carbocycles. The van der Waals surface area contributed by atoms with E-state index in [1.54, 1.807) is 0 Å². The molecule has 3 heteroatoms. The van der Waals surface area contributed by atoms with Gasteiger partial charge in [-0.3, -0.25) is 4.90 Å². The highest BCUT2D eigenvalue weighted by atomic mass is 35.5. The SMILES string of the molecule is C[C@@H]1CCCN1CCO[C@H](c1ccccc1)c1ccc(Cl)cc1. The van der Waals surface area contributed by atoms with E-state index in [1.165, 1.54) is 24.9 Å². The molecule has 1 heterocycles. The van der Waals surface area contributed by atoms with Crippen LogP contribution in [0.25, 0.3) is 0 Å². The fourth-order valence-corrected chi connectivity index (χ4v) is 3.39. The van der Waals surface area contributed by atoms with Crippen LogP contribution in [0.15, 0.2) is 54.6 Å². The predicted molar refractivity (Wildman–Crippen MR) is 96.0 cm³/mol. The lowest BCUT2D eigenvalue weighted by atomic mass is 10.0. The maximum atomic E-state index is 6.28. The number of benzene rings is 2. The Morgan fingerprint density at radius 3 is 2.43 bits per heavy atom. The van der Waals surface area contributed by atoms with E-state index in [9.17, 15) is 0 Å². The van der Waals surface area contributed by atoms with Crippen molar-refractivity contribution >= 4 is 11.6 Å². The van der Waals surface area contributed by atoms with E-state index in [4.69, 9.17) is 16.3 Å². The van der Waals surface area contributed by atoms with Crippen molar-refractivity contribution in [2.75, 3.05) is 19.7 Å². The molecule has 0 amide bonds. The quantitative estimate of drug-likeness (QED) is 0.745. The standard InChI is InChI=1S/C20H24ClNO/c1-16-6-5-13-22(16)14-15-23-20(17-7-3-2-4-8-17)18-9-11-19(21)12-10-18/h2-4,7-12,16,20H,5-6,13-15H2,1H3/t16-,20-/m1/s1. The smallest absolute Gasteiger partial charge is 0.108 e. The predicted octanol–water partition coefficient (Wildman–Crippen LogP) is 4.93. The summed E-state index contributed by atoms with van der Waals surface area (Å²) in [6.07, 6.45) is 2.58. The Morgan fingerprint density at radius 1 is 1.09 bits per heavy atom. The van der Waals surface area contributed by atoms with Crippen molar-refractivity contribution in [2.45, 2.75) is 31.9 Å². The van der Waals surface area contributed by atoms with Crippen molar-refractivity contribution in [3.05, 3.63) is 70.7 Å². The van der Waals surface area contributed by atoms with Gasteiger partial charge in [-0.25, -0.2) is 0 Å². The number of hydrogen-bond donors (Lipinski definition) is 0. The van der Waals surface area contributed by atoms with Crippen LogP contribution in [0.2, 0.25) is 5.02 Å². The second-order valence-corrected chi connectivity index (χ2v) is 6.68. The van der Waals surface area contributed by atoms with Crippen LogP contribution in [0.5, 0.6) is 0 Å². The average molecular weight is 330 g/mol. The molecule has 0 N–H and O–H groups in total. The highest BCUT2D eigenvalue weighted by Crippen LogP contribution is 2.27. The van der Waals surface area contributed by atoms with Gasteiger partial charge in [-0.15, -0.1) is 0 Å². The zero-order chi connectivity index (χ0) is 16.1. The molecule has 1 saturated heterocycles. The lowest BCUT2D eigenvalue weighted by Crippen LogP contribution is -2.30. The van der Waals surface area contributed by atoms with Crippen molar-refractivity contribution in [1.82, 2.24) is 4.90 Å². The van der Waals surface area contributed by atoms with E-state index >= 15 is 0 Å². The molecule has 2 aromatic carbocycles. The molecular weight excluding hydrogens is 306 g/mol. The van der Waals surface area contributed by atoms with Crippen molar-refractivity contribution in [2.24, 2.45) is 0 Å². The van der Waals surface area contributed by atoms with E-state index in [0.717, 1.165) is 23.7 Å². The molecule has 23 heavy (non-hydrogen) atoms. The van der Waals surface area contributed by atoms with Crippen LogP contribution < -0.4 is 0 Å². The van der Waals surface area contributed by atoms with Gasteiger partial charge < -0.3 is 4.74 Å². The van der Waals surface area contributed by atoms with Crippen LogP contribution in [0.1, 0.15) is 37.0 Å². The van der Waals surface area contributed by atoms with Crippen molar-refractivity contribution < 1.29 is 4.74 Å². The van der Waals surface area contributed by atoms with Gasteiger partial charge in [-0.05, 0) is 49.6 Å². The van der Waals surface area contributed by atoms with Gasteiger partial charge in [0.15, 0.2) is 0 Å². The average Bonchev–Trinajstić information content (AvgIpc) is 2.99. The summed E-state index contributed by atoms with van der Waals surface area (Å²) in [7, 11) is 0. The summed E-state index contributed by atoms with van der Waals surface area (Å²) < 4.78 is 6.28. The lowest BCUT2D eigenvalue weighted by molar-refractivity contribution is 0.0585. The first-order valence-corrected chi connectivity index (χ1v) is 8.78. The third-order valence-electron chi connectivity index (χ3n) is 4.63. The second kappa shape index (κ2) is 7.96. The first-order chi connectivity index (χ1) is 11.2. The van der Waals surface area contributed by atoms with E-state index in [2.05, 4.69) is 48.2 Å². The highest BCUT2D eigenvalue weighted by Gasteiger charge is 2.21. The third-order valence-corrected chi connectivity index (χ3v) is 4.88. The normalized spacial score (nSPS) is 19.8. The minimum absolute atomic E-state index is 0.0358. The molecule has 0 bridgehead atoms. The third kappa shape index (κ3) is 4.35. The molecule has 3 rings (SSSR count). The van der Waals surface area contributed by atoms with E-state index in [1.807, 2.05) is 18.2 Å². The molecule has 2 atom stereocenters. The summed E-state index contributed by atoms with van der Waals surface area (Å²) in [6.45, 7) is 5.24. The van der Waals surface area contributed by atoms with Gasteiger partial charge in [0.05, 0.1) is 6.61 Å². The molecule has 0 aromatic heterocycles. The Bertz CT molecular complexity index is 599. The summed E-state index contributed by atoms with van der Waals surface area (Å²) in [5, 5.41) is 0.756. The van der Waals surface area contributed by atoms with E-state index in [0.29, 0.717) is 6.04 Å². The van der Waals surface area contributed by atoms with Crippen LogP contribution >= 0.6 is 11.6 Å². The first kappa shape index (κ1) is 16.5. The largest absolute Gasteiger partial charge is 0.367 e. The molecule has 1 aliphatic rings. The van der Waals surface area contributed by atoms with Crippen LogP contribution in [0.3, 0.4) is 0 Å². The van der Waals surface area contributed by atoms with Gasteiger partial charge in [0.1, 0.15) is 6.10 Å². The zero-order valence-corrected chi connectivity index (χ0v) is 14.4. The fourth-order valence-electron chi connectivity index (χ4n) is 3.26. The summed E-state index contributed by atoms with van der Waals surface area (Å²) in [5.41, 5.74) is 2.33. The van der Waals surface area contributed by atoms with Gasteiger partial charge in [0, 0.05) is 17.6 Å². The molecule has 0 aliphatic carbocycles. The summed E-state index contributed by atoms with van der Waals surface area (Å²) >= 11 is 6.02. The first-order valence-electron chi connectivity index (χ1n) is 8.40. The number of nitrogens with zero attached hydrogens (tertiary/aromatic N) is 1. The summed E-state index contributed by atoms with van der Waals surface area (Å²) in [6, 6.07) is 19.1. The van der Waals surface area contributed by atoms with Gasteiger partial charge in [0.25, 0.3) is 0 Å². The molecule has 122 valence electrons. The van der Waals surface area contributed by atoms with Crippen LogP contribution in [0, 0.1) is 0 Å². The Hall–Kier alpha value is -1.35. The second-order valence-electron chi connectivity index (χ2n) is 6.24. The van der Waals surface area contributed by atoms with Gasteiger partial charge >= 0.3 is 0 Å². The van der Waals surface area contributed by atoms with Crippen molar-refractivity contribution in [3.63, 3.8) is 0 Å². The molecule has 0 radical (unpaired) electrons. The Balaban J connectivity index is 1.69. The Kier molecular flexibility index (Phi) is 5.71. The number of likely N-dealkylation sites (tertiary alicyclic amines) is 1. The number of ether oxygens (including phenoxy) is 1. The molecular formula is C20H24ClNO. The summed E-state index contributed by atoms with van der Waals surface area (Å²) in [5.74, 6) is 0. The van der Waals surface area contributed by atoms with E-state index < -0.39 is 0 Å². The minimum Gasteiger partial charge on any atom is -0.367 e. The number of hydrogen-bond acceptors (Lipinski definition) is 2. The van der Waals surface area contributed by atoms with Gasteiger partial charge in [0.2, 0.25) is 0 Å². The topological polar surface area (TPSA) is 12.5 Å². The molecule has 0 unspecified atom stereocenters. The zero-order valence-electron chi connectivity index (χ0n) is 13.6. The maximum absolute atomic E-state index is 6.28. The van der Waals surface area contributed by atoms with Crippen LogP contribution in [-0.2, 0) is 4.74 Å². The molecule has 1 aliphatic heterocycles. The van der Waals surface area contributed by atoms with Crippen LogP contribution in [-0.4, -0.2) is 30.6 Å². The Labute approximate surface area is 144 Å². The molecule has 2 aromatic rings. The van der Waals surface area contributed by atoms with Gasteiger partial charge in [-0.2, -0.15) is 0 Å². The van der Waals surface area contributed by atoms with E-state index in [-0.39, 0.29) is 6.10 Å². The lowest BCUT2D eigenvalue weighted by Gasteiger charge is -2.24. The number of rotatable bonds is 6. The Morgan fingerprint density at radius 2 is 1.78 bits per heavy atom. The molecule has 2 nitrogen and oxygen atoms in total. The van der Waals surface area contributed by atoms with Gasteiger partial charge in [-0.1, -0.05) is 54.1 Å². The molecule has 0 spiro atoms.